The van der Waals surface area contributed by atoms with Crippen LogP contribution in [-0.2, 0) is 11.3 Å². The lowest BCUT2D eigenvalue weighted by molar-refractivity contribution is 0.0214. The van der Waals surface area contributed by atoms with Crippen LogP contribution in [0.4, 0.5) is 9.18 Å². The molecule has 0 radical (unpaired) electrons. The van der Waals surface area contributed by atoms with Gasteiger partial charge in [0.1, 0.15) is 12.3 Å². The van der Waals surface area contributed by atoms with Gasteiger partial charge in [0.15, 0.2) is 0 Å². The van der Waals surface area contributed by atoms with Crippen LogP contribution in [0.5, 0.6) is 0 Å². The van der Waals surface area contributed by atoms with Crippen molar-refractivity contribution in [2.24, 2.45) is 0 Å². The summed E-state index contributed by atoms with van der Waals surface area (Å²) in [6, 6.07) is 20.5. The lowest BCUT2D eigenvalue weighted by Crippen LogP contribution is -2.49. The molecule has 5 heteroatoms. The van der Waals surface area contributed by atoms with Crippen LogP contribution in [-0.4, -0.2) is 54.3 Å². The number of piperidine rings is 1. The monoisotopic (exact) mass is 396 g/mol. The third kappa shape index (κ3) is 4.96. The molecule has 1 amide bonds. The number of likely N-dealkylation sites (N-methyl/N-ethyl adjacent to an activating group) is 1. The molecular formula is C24H29FN2O2. The first-order valence-corrected chi connectivity index (χ1v) is 10.4. The molecule has 2 unspecified atom stereocenters. The Labute approximate surface area is 172 Å². The van der Waals surface area contributed by atoms with Crippen molar-refractivity contribution in [3.63, 3.8) is 0 Å². The van der Waals surface area contributed by atoms with Gasteiger partial charge in [-0.25, -0.2) is 9.18 Å². The Hall–Kier alpha value is -2.40. The summed E-state index contributed by atoms with van der Waals surface area (Å²) in [5.41, 5.74) is 1.05. The van der Waals surface area contributed by atoms with Gasteiger partial charge in [-0.05, 0) is 24.6 Å². The van der Waals surface area contributed by atoms with Gasteiger partial charge in [0.25, 0.3) is 0 Å². The molecule has 2 aromatic rings. The zero-order valence-electron chi connectivity index (χ0n) is 17.0. The van der Waals surface area contributed by atoms with Crippen LogP contribution in [0.2, 0.25) is 0 Å². The van der Waals surface area contributed by atoms with E-state index < -0.39 is 5.67 Å². The van der Waals surface area contributed by atoms with Gasteiger partial charge in [-0.3, -0.25) is 4.90 Å². The van der Waals surface area contributed by atoms with Gasteiger partial charge >= 0.3 is 6.09 Å². The highest BCUT2D eigenvalue weighted by Gasteiger charge is 2.45. The van der Waals surface area contributed by atoms with Crippen LogP contribution in [0.3, 0.4) is 0 Å². The standard InChI is InChI=1S/C24H29FN2O2/c1-26(22-16-21(22)20-10-6-3-7-11-20)18-24(25)12-14-27(15-13-24)23(28)29-17-19-8-4-2-5-9-19/h2-11,21-22H,12-18H2,1H3. The second kappa shape index (κ2) is 8.54. The second-order valence-electron chi connectivity index (χ2n) is 8.41. The minimum absolute atomic E-state index is 0.252. The zero-order chi connectivity index (χ0) is 20.3. The highest BCUT2D eigenvalue weighted by molar-refractivity contribution is 5.67. The maximum Gasteiger partial charge on any atom is 0.410 e. The van der Waals surface area contributed by atoms with E-state index in [4.69, 9.17) is 4.74 Å². The molecule has 0 N–H and O–H groups in total. The average Bonchev–Trinajstić information content (AvgIpc) is 3.55. The number of hydrogen-bond acceptors (Lipinski definition) is 3. The van der Waals surface area contributed by atoms with Crippen LogP contribution in [0.25, 0.3) is 0 Å². The lowest BCUT2D eigenvalue weighted by Gasteiger charge is -2.38. The van der Waals surface area contributed by atoms with Crippen LogP contribution >= 0.6 is 0 Å². The van der Waals surface area contributed by atoms with Crippen molar-refractivity contribution in [1.29, 1.82) is 0 Å². The second-order valence-corrected chi connectivity index (χ2v) is 8.41. The van der Waals surface area contributed by atoms with Crippen molar-refractivity contribution in [2.75, 3.05) is 26.7 Å². The summed E-state index contributed by atoms with van der Waals surface area (Å²) in [5.74, 6) is 0.512. The fraction of sp³-hybridized carbons (Fsp3) is 0.458. The molecular weight excluding hydrogens is 367 g/mol. The normalized spacial score (nSPS) is 23.1. The van der Waals surface area contributed by atoms with E-state index in [1.807, 2.05) is 43.4 Å². The number of likely N-dealkylation sites (tertiary alicyclic amines) is 1. The molecule has 1 aliphatic heterocycles. The van der Waals surface area contributed by atoms with Gasteiger partial charge in [-0.1, -0.05) is 60.7 Å². The Kier molecular flexibility index (Phi) is 5.86. The van der Waals surface area contributed by atoms with Gasteiger partial charge in [-0.2, -0.15) is 0 Å². The maximum absolute atomic E-state index is 15.4. The topological polar surface area (TPSA) is 32.8 Å². The Morgan fingerprint density at radius 2 is 1.72 bits per heavy atom. The Bertz CT molecular complexity index is 806. The Morgan fingerprint density at radius 1 is 1.10 bits per heavy atom. The highest BCUT2D eigenvalue weighted by atomic mass is 19.1. The molecule has 0 bridgehead atoms. The molecule has 2 atom stereocenters. The fourth-order valence-electron chi connectivity index (χ4n) is 4.35. The van der Waals surface area contributed by atoms with Crippen LogP contribution in [0.15, 0.2) is 60.7 Å². The maximum atomic E-state index is 15.4. The Morgan fingerprint density at radius 3 is 2.38 bits per heavy atom. The van der Waals surface area contributed by atoms with Crippen molar-refractivity contribution in [2.45, 2.75) is 43.5 Å². The van der Waals surface area contributed by atoms with E-state index in [1.165, 1.54) is 5.56 Å². The predicted octanol–water partition coefficient (Wildman–Crippen LogP) is 4.62. The van der Waals surface area contributed by atoms with E-state index in [0.29, 0.717) is 44.4 Å². The molecule has 1 heterocycles. The summed E-state index contributed by atoms with van der Waals surface area (Å²) < 4.78 is 20.8. The number of nitrogens with zero attached hydrogens (tertiary/aromatic N) is 2. The van der Waals surface area contributed by atoms with Crippen molar-refractivity contribution in [3.05, 3.63) is 71.8 Å². The fourth-order valence-corrected chi connectivity index (χ4v) is 4.35. The highest BCUT2D eigenvalue weighted by Crippen LogP contribution is 2.45. The third-order valence-electron chi connectivity index (χ3n) is 6.21. The van der Waals surface area contributed by atoms with Crippen LogP contribution < -0.4 is 0 Å². The average molecular weight is 397 g/mol. The first-order valence-electron chi connectivity index (χ1n) is 10.4. The van der Waals surface area contributed by atoms with E-state index >= 15 is 4.39 Å². The summed E-state index contributed by atoms with van der Waals surface area (Å²) in [7, 11) is 2.02. The molecule has 2 fully saturated rings. The van der Waals surface area contributed by atoms with Gasteiger partial charge in [0.2, 0.25) is 0 Å². The zero-order valence-corrected chi connectivity index (χ0v) is 17.0. The molecule has 4 nitrogen and oxygen atoms in total. The number of alkyl halides is 1. The molecule has 1 saturated heterocycles. The Balaban J connectivity index is 1.22. The number of carbonyl (C=O) groups is 1. The number of amides is 1. The van der Waals surface area contributed by atoms with Crippen molar-refractivity contribution >= 4 is 6.09 Å². The summed E-state index contributed by atoms with van der Waals surface area (Å²) in [6.07, 6.45) is 1.46. The molecule has 2 aliphatic rings. The van der Waals surface area contributed by atoms with E-state index in [1.54, 1.807) is 4.90 Å². The SMILES string of the molecule is CN(CC1(F)CCN(C(=O)OCc2ccccc2)CC1)C1CC1c1ccccc1. The van der Waals surface area contributed by atoms with Crippen molar-refractivity contribution in [1.82, 2.24) is 9.80 Å². The summed E-state index contributed by atoms with van der Waals surface area (Å²) in [6.45, 7) is 1.49. The molecule has 1 saturated carbocycles. The first-order chi connectivity index (χ1) is 14.0. The number of halogens is 1. The van der Waals surface area contributed by atoms with Crippen molar-refractivity contribution < 1.29 is 13.9 Å². The van der Waals surface area contributed by atoms with Gasteiger partial charge in [-0.15, -0.1) is 0 Å². The summed E-state index contributed by atoms with van der Waals surface area (Å²) in [4.78, 5) is 16.1. The third-order valence-corrected chi connectivity index (χ3v) is 6.21. The first kappa shape index (κ1) is 19.9. The summed E-state index contributed by atoms with van der Waals surface area (Å²) >= 11 is 0. The lowest BCUT2D eigenvalue weighted by atomic mass is 9.93. The van der Waals surface area contributed by atoms with Gasteiger partial charge in [0, 0.05) is 44.4 Å². The van der Waals surface area contributed by atoms with E-state index in [-0.39, 0.29) is 12.7 Å². The quantitative estimate of drug-likeness (QED) is 0.715. The van der Waals surface area contributed by atoms with Gasteiger partial charge in [0.05, 0.1) is 0 Å². The molecule has 0 spiro atoms. The number of benzene rings is 2. The van der Waals surface area contributed by atoms with Crippen LogP contribution in [0, 0.1) is 0 Å². The predicted molar refractivity (Wildman–Crippen MR) is 111 cm³/mol. The van der Waals surface area contributed by atoms with Crippen LogP contribution in [0.1, 0.15) is 36.3 Å². The van der Waals surface area contributed by atoms with E-state index in [9.17, 15) is 4.79 Å². The molecule has 1 aliphatic carbocycles. The largest absolute Gasteiger partial charge is 0.445 e. The minimum atomic E-state index is -1.24. The molecule has 2 aromatic carbocycles. The number of rotatable bonds is 6. The van der Waals surface area contributed by atoms with Gasteiger partial charge < -0.3 is 9.64 Å². The minimum Gasteiger partial charge on any atom is -0.445 e. The summed E-state index contributed by atoms with van der Waals surface area (Å²) in [5, 5.41) is 0. The molecule has 29 heavy (non-hydrogen) atoms. The van der Waals surface area contributed by atoms with Crippen molar-refractivity contribution in [3.8, 4) is 0 Å². The smallest absolute Gasteiger partial charge is 0.410 e. The van der Waals surface area contributed by atoms with E-state index in [2.05, 4.69) is 29.2 Å². The number of hydrogen-bond donors (Lipinski definition) is 0. The molecule has 154 valence electrons. The number of carbonyl (C=O) groups excluding carboxylic acids is 1. The molecule has 4 rings (SSSR count). The van der Waals surface area contributed by atoms with E-state index in [0.717, 1.165) is 12.0 Å². The number of ether oxygens (including phenoxy) is 1. The molecule has 0 aromatic heterocycles.